The number of methoxy groups -OCH3 is 1. The van der Waals surface area contributed by atoms with Gasteiger partial charge in [0.15, 0.2) is 0 Å². The molecule has 0 saturated heterocycles. The number of rotatable bonds is 4. The summed E-state index contributed by atoms with van der Waals surface area (Å²) in [5.41, 5.74) is 7.50. The number of nitrogens with two attached hydrogens (primary N) is 1. The van der Waals surface area contributed by atoms with Crippen LogP contribution in [0.2, 0.25) is 0 Å². The fraction of sp³-hybridized carbons (Fsp3) is 0.222. The van der Waals surface area contributed by atoms with Crippen molar-refractivity contribution in [3.63, 3.8) is 0 Å². The Hall–Kier alpha value is -2.47. The van der Waals surface area contributed by atoms with E-state index >= 15 is 0 Å². The summed E-state index contributed by atoms with van der Waals surface area (Å²) in [6.45, 7) is 0.200. The van der Waals surface area contributed by atoms with Crippen LogP contribution < -0.4 is 10.5 Å². The second-order valence-electron chi connectivity index (χ2n) is 5.57. The van der Waals surface area contributed by atoms with Crippen molar-refractivity contribution in [2.45, 2.75) is 12.1 Å². The average molecular weight is 334 g/mol. The lowest BCUT2D eigenvalue weighted by molar-refractivity contribution is -0.137. The molecule has 3 nitrogen and oxygen atoms in total. The largest absolute Gasteiger partial charge is 0.497 e. The molecule has 1 heterocycles. The Morgan fingerprint density at radius 3 is 2.62 bits per heavy atom. The number of aromatic nitrogens is 1. The maximum atomic E-state index is 13.0. The molecule has 6 heteroatoms. The minimum Gasteiger partial charge on any atom is -0.497 e. The molecule has 24 heavy (non-hydrogen) atoms. The molecule has 1 atom stereocenters. The fourth-order valence-electron chi connectivity index (χ4n) is 2.91. The standard InChI is InChI=1S/C18H17F3N2O/c1-24-13-5-6-17-14(8-13)16(10-23-17)15(9-22)11-3-2-4-12(7-11)18(19,20)21/h2-8,10,15,23H,9,22H2,1H3/t15-/m1/s1. The number of aromatic amines is 1. The van der Waals surface area contributed by atoms with Crippen molar-refractivity contribution in [1.29, 1.82) is 0 Å². The van der Waals surface area contributed by atoms with Gasteiger partial charge in [0.2, 0.25) is 0 Å². The highest BCUT2D eigenvalue weighted by molar-refractivity contribution is 5.85. The molecule has 126 valence electrons. The van der Waals surface area contributed by atoms with Crippen LogP contribution in [0.25, 0.3) is 10.9 Å². The first-order valence-electron chi connectivity index (χ1n) is 7.46. The van der Waals surface area contributed by atoms with E-state index in [1.165, 1.54) is 6.07 Å². The Balaban J connectivity index is 2.10. The van der Waals surface area contributed by atoms with Crippen molar-refractivity contribution in [3.8, 4) is 5.75 Å². The number of hydrogen-bond donors (Lipinski definition) is 2. The van der Waals surface area contributed by atoms with Crippen LogP contribution in [0.15, 0.2) is 48.7 Å². The van der Waals surface area contributed by atoms with E-state index in [1.807, 2.05) is 18.2 Å². The van der Waals surface area contributed by atoms with E-state index in [0.717, 1.165) is 28.6 Å². The highest BCUT2D eigenvalue weighted by atomic mass is 19.4. The first kappa shape index (κ1) is 16.4. The number of H-pyrrole nitrogens is 1. The van der Waals surface area contributed by atoms with Crippen LogP contribution >= 0.6 is 0 Å². The van der Waals surface area contributed by atoms with Crippen LogP contribution in [0.4, 0.5) is 13.2 Å². The van der Waals surface area contributed by atoms with Gasteiger partial charge in [-0.2, -0.15) is 13.2 Å². The van der Waals surface area contributed by atoms with Crippen LogP contribution in [0.1, 0.15) is 22.6 Å². The number of nitrogens with one attached hydrogen (secondary N) is 1. The third-order valence-electron chi connectivity index (χ3n) is 4.15. The van der Waals surface area contributed by atoms with Gasteiger partial charge < -0.3 is 15.5 Å². The van der Waals surface area contributed by atoms with Crippen molar-refractivity contribution in [1.82, 2.24) is 4.98 Å². The lowest BCUT2D eigenvalue weighted by Crippen LogP contribution is -2.15. The first-order valence-corrected chi connectivity index (χ1v) is 7.46. The Morgan fingerprint density at radius 1 is 1.17 bits per heavy atom. The molecule has 0 aliphatic rings. The second kappa shape index (κ2) is 6.20. The van der Waals surface area contributed by atoms with Gasteiger partial charge in [-0.3, -0.25) is 0 Å². The van der Waals surface area contributed by atoms with Crippen LogP contribution in [0.3, 0.4) is 0 Å². The van der Waals surface area contributed by atoms with Crippen LogP contribution in [-0.2, 0) is 6.18 Å². The third-order valence-corrected chi connectivity index (χ3v) is 4.15. The Bertz CT molecular complexity index is 855. The summed E-state index contributed by atoms with van der Waals surface area (Å²) < 4.78 is 44.2. The van der Waals surface area contributed by atoms with E-state index in [1.54, 1.807) is 19.4 Å². The Morgan fingerprint density at radius 2 is 1.96 bits per heavy atom. The lowest BCUT2D eigenvalue weighted by atomic mass is 9.90. The fourth-order valence-corrected chi connectivity index (χ4v) is 2.91. The van der Waals surface area contributed by atoms with Crippen molar-refractivity contribution in [2.75, 3.05) is 13.7 Å². The molecular weight excluding hydrogens is 317 g/mol. The molecule has 3 N–H and O–H groups in total. The molecule has 0 aliphatic heterocycles. The topological polar surface area (TPSA) is 51.0 Å². The van der Waals surface area contributed by atoms with Gasteiger partial charge in [-0.05, 0) is 35.4 Å². The zero-order valence-electron chi connectivity index (χ0n) is 13.0. The van der Waals surface area contributed by atoms with Gasteiger partial charge in [-0.25, -0.2) is 0 Å². The molecule has 0 unspecified atom stereocenters. The highest BCUT2D eigenvalue weighted by Crippen LogP contribution is 2.35. The molecule has 3 rings (SSSR count). The maximum absolute atomic E-state index is 13.0. The Kier molecular flexibility index (Phi) is 4.24. The molecule has 2 aromatic carbocycles. The predicted octanol–water partition coefficient (Wildman–Crippen LogP) is 4.29. The quantitative estimate of drug-likeness (QED) is 0.748. The van der Waals surface area contributed by atoms with E-state index in [0.29, 0.717) is 11.3 Å². The molecule has 0 bridgehead atoms. The Labute approximate surface area is 137 Å². The summed E-state index contributed by atoms with van der Waals surface area (Å²) in [5.74, 6) is 0.344. The van der Waals surface area contributed by atoms with Crippen molar-refractivity contribution < 1.29 is 17.9 Å². The van der Waals surface area contributed by atoms with Crippen molar-refractivity contribution in [2.24, 2.45) is 5.73 Å². The molecule has 0 aliphatic carbocycles. The summed E-state index contributed by atoms with van der Waals surface area (Å²) in [6.07, 6.45) is -2.58. The average Bonchev–Trinajstić information content (AvgIpc) is 2.98. The molecule has 0 saturated carbocycles. The maximum Gasteiger partial charge on any atom is 0.416 e. The SMILES string of the molecule is COc1ccc2[nH]cc([C@H](CN)c3cccc(C(F)(F)F)c3)c2c1. The van der Waals surface area contributed by atoms with Gasteiger partial charge in [0.1, 0.15) is 5.75 Å². The second-order valence-corrected chi connectivity index (χ2v) is 5.57. The molecule has 0 radical (unpaired) electrons. The normalized spacial score (nSPS) is 13.2. The molecule has 0 spiro atoms. The number of ether oxygens (including phenoxy) is 1. The number of fused-ring (bicyclic) bond motifs is 1. The van der Waals surface area contributed by atoms with Gasteiger partial charge in [0.05, 0.1) is 12.7 Å². The number of hydrogen-bond acceptors (Lipinski definition) is 2. The van der Waals surface area contributed by atoms with Gasteiger partial charge in [0.25, 0.3) is 0 Å². The number of halogens is 3. The summed E-state index contributed by atoms with van der Waals surface area (Å²) in [4.78, 5) is 3.14. The van der Waals surface area contributed by atoms with Crippen LogP contribution in [0, 0.1) is 0 Å². The zero-order valence-corrected chi connectivity index (χ0v) is 13.0. The zero-order chi connectivity index (χ0) is 17.3. The van der Waals surface area contributed by atoms with Gasteiger partial charge in [0, 0.05) is 29.6 Å². The first-order chi connectivity index (χ1) is 11.4. The van der Waals surface area contributed by atoms with E-state index in [2.05, 4.69) is 4.98 Å². The lowest BCUT2D eigenvalue weighted by Gasteiger charge is -2.17. The van der Waals surface area contributed by atoms with E-state index in [4.69, 9.17) is 10.5 Å². The summed E-state index contributed by atoms with van der Waals surface area (Å²) >= 11 is 0. The number of alkyl halides is 3. The summed E-state index contributed by atoms with van der Waals surface area (Å²) in [5, 5.41) is 0.891. The molecule has 0 fully saturated rings. The smallest absolute Gasteiger partial charge is 0.416 e. The minimum atomic E-state index is -4.38. The van der Waals surface area contributed by atoms with E-state index < -0.39 is 11.7 Å². The van der Waals surface area contributed by atoms with E-state index in [9.17, 15) is 13.2 Å². The van der Waals surface area contributed by atoms with Crippen LogP contribution in [-0.4, -0.2) is 18.6 Å². The molecule has 1 aromatic heterocycles. The monoisotopic (exact) mass is 334 g/mol. The van der Waals surface area contributed by atoms with Gasteiger partial charge in [-0.15, -0.1) is 0 Å². The van der Waals surface area contributed by atoms with E-state index in [-0.39, 0.29) is 12.5 Å². The summed E-state index contributed by atoms with van der Waals surface area (Å²) in [7, 11) is 1.57. The predicted molar refractivity (Wildman–Crippen MR) is 87.2 cm³/mol. The van der Waals surface area contributed by atoms with Gasteiger partial charge in [-0.1, -0.05) is 18.2 Å². The van der Waals surface area contributed by atoms with Crippen molar-refractivity contribution in [3.05, 3.63) is 65.4 Å². The van der Waals surface area contributed by atoms with Gasteiger partial charge >= 0.3 is 6.18 Å². The minimum absolute atomic E-state index is 0.200. The highest BCUT2D eigenvalue weighted by Gasteiger charge is 2.31. The van der Waals surface area contributed by atoms with Crippen molar-refractivity contribution >= 4 is 10.9 Å². The summed E-state index contributed by atoms with van der Waals surface area (Å²) in [6, 6.07) is 10.9. The third kappa shape index (κ3) is 2.97. The molecular formula is C18H17F3N2O. The molecule has 0 amide bonds. The van der Waals surface area contributed by atoms with Crippen LogP contribution in [0.5, 0.6) is 5.75 Å². The number of benzene rings is 2. The molecule has 3 aromatic rings.